The Kier molecular flexibility index (Phi) is 16.7. The fraction of sp³-hybridized carbons (Fsp3) is 1.00. The summed E-state index contributed by atoms with van der Waals surface area (Å²) in [7, 11) is 0. The third-order valence-electron chi connectivity index (χ3n) is 1.24. The predicted octanol–water partition coefficient (Wildman–Crippen LogP) is 3.04. The van der Waals surface area contributed by atoms with Crippen LogP contribution in [0.25, 0.3) is 0 Å². The number of hydrogen-bond acceptors (Lipinski definition) is 0. The SMILES string of the molecule is CCCCCCCCl.[H-].[H-].[Mg+2]. The first-order valence-corrected chi connectivity index (χ1v) is 4.01. The first-order chi connectivity index (χ1) is 3.91. The summed E-state index contributed by atoms with van der Waals surface area (Å²) in [5, 5.41) is 0. The van der Waals surface area contributed by atoms with E-state index in [2.05, 4.69) is 6.92 Å². The Morgan fingerprint density at radius 1 is 1.11 bits per heavy atom. The van der Waals surface area contributed by atoms with Gasteiger partial charge in [-0.2, -0.15) is 0 Å². The summed E-state index contributed by atoms with van der Waals surface area (Å²) in [6, 6.07) is 0. The fourth-order valence-corrected chi connectivity index (χ4v) is 0.887. The van der Waals surface area contributed by atoms with Gasteiger partial charge in [0.1, 0.15) is 0 Å². The molecule has 0 saturated heterocycles. The van der Waals surface area contributed by atoms with Crippen LogP contribution < -0.4 is 0 Å². The van der Waals surface area contributed by atoms with Crippen molar-refractivity contribution in [2.24, 2.45) is 0 Å². The second-order valence-corrected chi connectivity index (χ2v) is 2.48. The Morgan fingerprint density at radius 3 is 2.11 bits per heavy atom. The van der Waals surface area contributed by atoms with Crippen molar-refractivity contribution >= 4 is 34.7 Å². The van der Waals surface area contributed by atoms with Crippen LogP contribution >= 0.6 is 11.6 Å². The quantitative estimate of drug-likeness (QED) is 0.330. The molecular weight excluding hydrogens is 144 g/mol. The Bertz CT molecular complexity index is 41.4. The van der Waals surface area contributed by atoms with Crippen molar-refractivity contribution in [2.45, 2.75) is 39.0 Å². The molecule has 0 aromatic carbocycles. The molecule has 0 heterocycles. The fourth-order valence-electron chi connectivity index (χ4n) is 0.698. The summed E-state index contributed by atoms with van der Waals surface area (Å²) in [5.74, 6) is 0.837. The average molecular weight is 161 g/mol. The molecule has 2 heteroatoms. The molecule has 0 radical (unpaired) electrons. The third-order valence-corrected chi connectivity index (χ3v) is 1.50. The van der Waals surface area contributed by atoms with E-state index in [4.69, 9.17) is 11.6 Å². The Balaban J connectivity index is -0.0000000817. The van der Waals surface area contributed by atoms with Gasteiger partial charge in [0.15, 0.2) is 0 Å². The molecule has 0 aromatic rings. The molecule has 9 heavy (non-hydrogen) atoms. The number of rotatable bonds is 5. The molecule has 0 atom stereocenters. The van der Waals surface area contributed by atoms with Gasteiger partial charge in [-0.3, -0.25) is 0 Å². The molecule has 0 nitrogen and oxygen atoms in total. The van der Waals surface area contributed by atoms with Crippen molar-refractivity contribution < 1.29 is 2.85 Å². The predicted molar refractivity (Wildman–Crippen MR) is 47.5 cm³/mol. The molecule has 0 N–H and O–H groups in total. The van der Waals surface area contributed by atoms with E-state index in [1.165, 1.54) is 32.1 Å². The van der Waals surface area contributed by atoms with Gasteiger partial charge < -0.3 is 2.85 Å². The van der Waals surface area contributed by atoms with Gasteiger partial charge in [0.2, 0.25) is 0 Å². The maximum absolute atomic E-state index is 5.48. The largest absolute Gasteiger partial charge is 2.00 e. The zero-order chi connectivity index (χ0) is 6.24. The molecule has 0 aromatic heterocycles. The topological polar surface area (TPSA) is 0 Å². The average Bonchev–Trinajstić information content (AvgIpc) is 1.81. The molecule has 0 aliphatic carbocycles. The zero-order valence-corrected chi connectivity index (χ0v) is 8.50. The van der Waals surface area contributed by atoms with Crippen LogP contribution in [0.5, 0.6) is 0 Å². The number of alkyl halides is 1. The Labute approximate surface area is 82.5 Å². The van der Waals surface area contributed by atoms with Crippen molar-refractivity contribution in [3.63, 3.8) is 0 Å². The maximum Gasteiger partial charge on any atom is 2.00 e. The van der Waals surface area contributed by atoms with E-state index in [0.717, 1.165) is 5.88 Å². The Hall–Kier alpha value is 1.06. The monoisotopic (exact) mass is 160 g/mol. The van der Waals surface area contributed by atoms with Crippen LogP contribution in [0.15, 0.2) is 0 Å². The molecule has 0 fully saturated rings. The number of unbranched alkanes of at least 4 members (excludes halogenated alkanes) is 4. The van der Waals surface area contributed by atoms with Crippen molar-refractivity contribution in [3.8, 4) is 0 Å². The van der Waals surface area contributed by atoms with E-state index in [0.29, 0.717) is 0 Å². The van der Waals surface area contributed by atoms with E-state index in [1.54, 1.807) is 0 Å². The minimum Gasteiger partial charge on any atom is -1.00 e. The maximum atomic E-state index is 5.48. The van der Waals surface area contributed by atoms with E-state index in [9.17, 15) is 0 Å². The molecule has 0 spiro atoms. The van der Waals surface area contributed by atoms with Gasteiger partial charge in [-0.05, 0) is 6.42 Å². The normalized spacial score (nSPS) is 8.67. The van der Waals surface area contributed by atoms with Gasteiger partial charge in [-0.25, -0.2) is 0 Å². The van der Waals surface area contributed by atoms with Gasteiger partial charge in [0.25, 0.3) is 0 Å². The van der Waals surface area contributed by atoms with E-state index in [-0.39, 0.29) is 25.9 Å². The second-order valence-electron chi connectivity index (χ2n) is 2.10. The molecular formula is C7H17ClMg. The smallest absolute Gasteiger partial charge is 1.00 e. The number of hydrogen-bond donors (Lipinski definition) is 0. The van der Waals surface area contributed by atoms with Crippen molar-refractivity contribution in [2.75, 3.05) is 5.88 Å². The van der Waals surface area contributed by atoms with E-state index >= 15 is 0 Å². The zero-order valence-electron chi connectivity index (χ0n) is 8.33. The first kappa shape index (κ1) is 12.7. The van der Waals surface area contributed by atoms with Crippen LogP contribution in [0.1, 0.15) is 41.9 Å². The Morgan fingerprint density at radius 2 is 1.67 bits per heavy atom. The molecule has 54 valence electrons. The molecule has 0 amide bonds. The van der Waals surface area contributed by atoms with Crippen LogP contribution in [0.3, 0.4) is 0 Å². The number of halogens is 1. The summed E-state index contributed by atoms with van der Waals surface area (Å²) >= 11 is 5.48. The molecule has 0 bridgehead atoms. The summed E-state index contributed by atoms with van der Waals surface area (Å²) in [6.45, 7) is 2.22. The summed E-state index contributed by atoms with van der Waals surface area (Å²) in [5.41, 5.74) is 0. The summed E-state index contributed by atoms with van der Waals surface area (Å²) in [4.78, 5) is 0. The standard InChI is InChI=1S/C7H15Cl.Mg.2H/c1-2-3-4-5-6-7-8;;;/h2-7H2,1H3;;;/q;+2;2*-1. The van der Waals surface area contributed by atoms with Crippen LogP contribution in [0.4, 0.5) is 0 Å². The molecule has 0 rings (SSSR count). The minimum absolute atomic E-state index is 0. The van der Waals surface area contributed by atoms with E-state index in [1.807, 2.05) is 0 Å². The minimum atomic E-state index is 0. The van der Waals surface area contributed by atoms with Crippen LogP contribution in [0, 0.1) is 0 Å². The first-order valence-electron chi connectivity index (χ1n) is 3.47. The van der Waals surface area contributed by atoms with E-state index < -0.39 is 0 Å². The summed E-state index contributed by atoms with van der Waals surface area (Å²) < 4.78 is 0. The van der Waals surface area contributed by atoms with Gasteiger partial charge in [-0.1, -0.05) is 32.6 Å². The van der Waals surface area contributed by atoms with Crippen LogP contribution in [-0.4, -0.2) is 28.9 Å². The summed E-state index contributed by atoms with van der Waals surface area (Å²) in [6.07, 6.45) is 6.57. The molecule has 0 aliphatic heterocycles. The molecule has 0 saturated carbocycles. The van der Waals surface area contributed by atoms with Crippen molar-refractivity contribution in [1.29, 1.82) is 0 Å². The van der Waals surface area contributed by atoms with Crippen molar-refractivity contribution in [3.05, 3.63) is 0 Å². The third kappa shape index (κ3) is 12.3. The van der Waals surface area contributed by atoms with Gasteiger partial charge in [0, 0.05) is 5.88 Å². The molecule has 0 aliphatic rings. The van der Waals surface area contributed by atoms with Gasteiger partial charge >= 0.3 is 23.1 Å². The van der Waals surface area contributed by atoms with Gasteiger partial charge in [0.05, 0.1) is 0 Å². The van der Waals surface area contributed by atoms with Crippen LogP contribution in [0.2, 0.25) is 0 Å². The van der Waals surface area contributed by atoms with Gasteiger partial charge in [-0.15, -0.1) is 11.6 Å². The molecule has 0 unspecified atom stereocenters. The van der Waals surface area contributed by atoms with Crippen LogP contribution in [-0.2, 0) is 0 Å². The second kappa shape index (κ2) is 11.8. The van der Waals surface area contributed by atoms with Crippen molar-refractivity contribution in [1.82, 2.24) is 0 Å².